The first-order valence-electron chi connectivity index (χ1n) is 9.72. The van der Waals surface area contributed by atoms with Crippen LogP contribution in [-0.4, -0.2) is 35.8 Å². The quantitative estimate of drug-likeness (QED) is 0.339. The molecule has 0 saturated carbocycles. The summed E-state index contributed by atoms with van der Waals surface area (Å²) in [5, 5.41) is 2.61. The number of fused-ring (bicyclic) bond motifs is 1. The van der Waals surface area contributed by atoms with Gasteiger partial charge in [0.25, 0.3) is 5.91 Å². The number of nitrogen functional groups attached to an aromatic ring is 1. The minimum absolute atomic E-state index is 0.0417. The standard InChI is InChI=1S/C22H17FN8O/c23-13-3-1-7-26-17(13)10-27-22(32)20-21(24)31-19(15-4-2-8-25-15)18(30-20)12-5-6-14-16(9-12)29-11-28-14/h1-9,11,25H,10H2,(H2,24,31)(H,27,32)(H,28,29). The van der Waals surface area contributed by atoms with Crippen LogP contribution in [-0.2, 0) is 6.54 Å². The number of hydrogen-bond donors (Lipinski definition) is 4. The van der Waals surface area contributed by atoms with E-state index in [4.69, 9.17) is 5.73 Å². The summed E-state index contributed by atoms with van der Waals surface area (Å²) in [6.45, 7) is -0.111. The molecule has 4 heterocycles. The number of aromatic amines is 2. The lowest BCUT2D eigenvalue weighted by molar-refractivity contribution is 0.0946. The van der Waals surface area contributed by atoms with Crippen molar-refractivity contribution >= 4 is 22.8 Å². The lowest BCUT2D eigenvalue weighted by Gasteiger charge is -2.12. The molecule has 5 N–H and O–H groups in total. The van der Waals surface area contributed by atoms with E-state index in [9.17, 15) is 9.18 Å². The molecule has 158 valence electrons. The van der Waals surface area contributed by atoms with Gasteiger partial charge in [-0.2, -0.15) is 0 Å². The lowest BCUT2D eigenvalue weighted by atomic mass is 10.1. The van der Waals surface area contributed by atoms with Gasteiger partial charge >= 0.3 is 0 Å². The fourth-order valence-electron chi connectivity index (χ4n) is 3.36. The van der Waals surface area contributed by atoms with Gasteiger partial charge in [0.15, 0.2) is 11.5 Å². The topological polar surface area (TPSA) is 138 Å². The van der Waals surface area contributed by atoms with Crippen LogP contribution in [0.1, 0.15) is 16.2 Å². The molecule has 32 heavy (non-hydrogen) atoms. The number of carbonyl (C=O) groups excluding carboxylic acids is 1. The van der Waals surface area contributed by atoms with Crippen LogP contribution in [0.2, 0.25) is 0 Å². The Balaban J connectivity index is 1.56. The summed E-state index contributed by atoms with van der Waals surface area (Å²) < 4.78 is 13.8. The maximum absolute atomic E-state index is 13.8. The van der Waals surface area contributed by atoms with Gasteiger partial charge < -0.3 is 21.0 Å². The molecule has 9 nitrogen and oxygen atoms in total. The first-order chi connectivity index (χ1) is 15.6. The summed E-state index contributed by atoms with van der Waals surface area (Å²) in [6, 6.07) is 12.0. The molecule has 0 aliphatic heterocycles. The Kier molecular flexibility index (Phi) is 4.79. The first-order valence-corrected chi connectivity index (χ1v) is 9.72. The van der Waals surface area contributed by atoms with E-state index >= 15 is 0 Å². The van der Waals surface area contributed by atoms with E-state index in [2.05, 4.69) is 35.2 Å². The number of carbonyl (C=O) groups is 1. The van der Waals surface area contributed by atoms with Gasteiger partial charge in [0.05, 0.1) is 41.0 Å². The van der Waals surface area contributed by atoms with Gasteiger partial charge in [-0.25, -0.2) is 19.3 Å². The van der Waals surface area contributed by atoms with Gasteiger partial charge in [-0.3, -0.25) is 9.78 Å². The zero-order valence-electron chi connectivity index (χ0n) is 16.6. The molecule has 0 bridgehead atoms. The zero-order chi connectivity index (χ0) is 22.1. The van der Waals surface area contributed by atoms with Crippen molar-refractivity contribution in [1.82, 2.24) is 35.2 Å². The normalized spacial score (nSPS) is 11.0. The van der Waals surface area contributed by atoms with E-state index in [0.29, 0.717) is 17.1 Å². The molecule has 0 atom stereocenters. The predicted molar refractivity (Wildman–Crippen MR) is 117 cm³/mol. The maximum Gasteiger partial charge on any atom is 0.274 e. The van der Waals surface area contributed by atoms with Crippen LogP contribution in [0.15, 0.2) is 61.2 Å². The van der Waals surface area contributed by atoms with E-state index in [0.717, 1.165) is 16.6 Å². The highest BCUT2D eigenvalue weighted by atomic mass is 19.1. The molecule has 5 aromatic rings. The monoisotopic (exact) mass is 428 g/mol. The Labute approximate surface area is 181 Å². The number of rotatable bonds is 5. The van der Waals surface area contributed by atoms with Crippen molar-refractivity contribution in [2.45, 2.75) is 6.54 Å². The van der Waals surface area contributed by atoms with Crippen molar-refractivity contribution in [3.8, 4) is 22.6 Å². The van der Waals surface area contributed by atoms with Crippen molar-refractivity contribution in [2.75, 3.05) is 5.73 Å². The number of benzene rings is 1. The fourth-order valence-corrected chi connectivity index (χ4v) is 3.36. The number of hydrogen-bond acceptors (Lipinski definition) is 6. The molecule has 0 saturated heterocycles. The lowest BCUT2D eigenvalue weighted by Crippen LogP contribution is -2.26. The molecule has 5 rings (SSSR count). The third-order valence-corrected chi connectivity index (χ3v) is 4.94. The average Bonchev–Trinajstić information content (AvgIpc) is 3.50. The number of nitrogens with two attached hydrogens (primary N) is 1. The molecule has 0 radical (unpaired) electrons. The van der Waals surface area contributed by atoms with E-state index in [1.807, 2.05) is 30.3 Å². The first kappa shape index (κ1) is 19.4. The van der Waals surface area contributed by atoms with Crippen LogP contribution in [0, 0.1) is 5.82 Å². The van der Waals surface area contributed by atoms with Crippen molar-refractivity contribution < 1.29 is 9.18 Å². The average molecular weight is 428 g/mol. The van der Waals surface area contributed by atoms with Crippen LogP contribution in [0.4, 0.5) is 10.2 Å². The molecule has 0 spiro atoms. The number of imidazole rings is 1. The molecule has 0 aliphatic carbocycles. The van der Waals surface area contributed by atoms with Gasteiger partial charge in [0.2, 0.25) is 0 Å². The molecule has 0 unspecified atom stereocenters. The van der Waals surface area contributed by atoms with Crippen LogP contribution >= 0.6 is 0 Å². The van der Waals surface area contributed by atoms with Gasteiger partial charge in [0.1, 0.15) is 11.5 Å². The smallest absolute Gasteiger partial charge is 0.274 e. The number of aromatic nitrogens is 6. The summed E-state index contributed by atoms with van der Waals surface area (Å²) in [4.78, 5) is 36.2. The molecule has 1 aromatic carbocycles. The number of pyridine rings is 1. The second-order valence-corrected chi connectivity index (χ2v) is 6.99. The Morgan fingerprint density at radius 3 is 2.78 bits per heavy atom. The van der Waals surface area contributed by atoms with Gasteiger partial charge in [0, 0.05) is 18.0 Å². The Hall–Kier alpha value is -4.60. The predicted octanol–water partition coefficient (Wildman–Crippen LogP) is 3.06. The Morgan fingerprint density at radius 2 is 1.97 bits per heavy atom. The molecule has 10 heteroatoms. The van der Waals surface area contributed by atoms with E-state index < -0.39 is 11.7 Å². The highest BCUT2D eigenvalue weighted by Gasteiger charge is 2.21. The third kappa shape index (κ3) is 3.54. The molecule has 0 aliphatic rings. The van der Waals surface area contributed by atoms with Crippen molar-refractivity contribution in [2.24, 2.45) is 0 Å². The summed E-state index contributed by atoms with van der Waals surface area (Å²) in [6.07, 6.45) is 4.81. The zero-order valence-corrected chi connectivity index (χ0v) is 16.6. The van der Waals surface area contributed by atoms with Gasteiger partial charge in [-0.05, 0) is 36.4 Å². The maximum atomic E-state index is 13.8. The van der Waals surface area contributed by atoms with Crippen molar-refractivity contribution in [1.29, 1.82) is 0 Å². The number of H-pyrrole nitrogens is 2. The molecule has 4 aromatic heterocycles. The number of nitrogens with zero attached hydrogens (tertiary/aromatic N) is 4. The van der Waals surface area contributed by atoms with Gasteiger partial charge in [-0.1, -0.05) is 6.07 Å². The molecule has 1 amide bonds. The van der Waals surface area contributed by atoms with E-state index in [1.165, 1.54) is 18.3 Å². The van der Waals surface area contributed by atoms with Crippen molar-refractivity contribution in [3.63, 3.8) is 0 Å². The molecule has 0 fully saturated rings. The number of halogens is 1. The SMILES string of the molecule is Nc1nc(-c2ccc[nH]2)c(-c2ccc3nc[nH]c3c2)nc1C(=O)NCc1ncccc1F. The fraction of sp³-hybridized carbons (Fsp3) is 0.0455. The van der Waals surface area contributed by atoms with Crippen LogP contribution in [0.3, 0.4) is 0 Å². The minimum atomic E-state index is -0.582. The minimum Gasteiger partial charge on any atom is -0.382 e. The number of anilines is 1. The summed E-state index contributed by atoms with van der Waals surface area (Å²) in [5.41, 5.74) is 10.2. The summed E-state index contributed by atoms with van der Waals surface area (Å²) in [7, 11) is 0. The summed E-state index contributed by atoms with van der Waals surface area (Å²) in [5.74, 6) is -1.13. The van der Waals surface area contributed by atoms with E-state index in [1.54, 1.807) is 12.5 Å². The second-order valence-electron chi connectivity index (χ2n) is 6.99. The molecular formula is C22H17FN8O. The van der Waals surface area contributed by atoms with Crippen LogP contribution in [0.5, 0.6) is 0 Å². The molecular weight excluding hydrogens is 411 g/mol. The van der Waals surface area contributed by atoms with Crippen molar-refractivity contribution in [3.05, 3.63) is 78.4 Å². The number of nitrogens with one attached hydrogen (secondary N) is 3. The third-order valence-electron chi connectivity index (χ3n) is 4.94. The summed E-state index contributed by atoms with van der Waals surface area (Å²) >= 11 is 0. The Bertz CT molecular complexity index is 1430. The Morgan fingerprint density at radius 1 is 1.06 bits per heavy atom. The largest absolute Gasteiger partial charge is 0.382 e. The van der Waals surface area contributed by atoms with Crippen LogP contribution < -0.4 is 11.1 Å². The van der Waals surface area contributed by atoms with Crippen LogP contribution in [0.25, 0.3) is 33.7 Å². The highest BCUT2D eigenvalue weighted by Crippen LogP contribution is 2.31. The second kappa shape index (κ2) is 7.91. The highest BCUT2D eigenvalue weighted by molar-refractivity contribution is 5.98. The van der Waals surface area contributed by atoms with Gasteiger partial charge in [-0.15, -0.1) is 0 Å². The van der Waals surface area contributed by atoms with E-state index in [-0.39, 0.29) is 23.8 Å². The number of amides is 1.